The lowest BCUT2D eigenvalue weighted by molar-refractivity contribution is -0.0201. The smallest absolute Gasteiger partial charge is 0.282 e. The van der Waals surface area contributed by atoms with Gasteiger partial charge < -0.3 is 9.88 Å². The van der Waals surface area contributed by atoms with Crippen LogP contribution in [0, 0.1) is 5.53 Å². The molecule has 0 radical (unpaired) electrons. The van der Waals surface area contributed by atoms with E-state index in [1.54, 1.807) is 40.9 Å². The van der Waals surface area contributed by atoms with Crippen molar-refractivity contribution in [1.82, 2.24) is 24.8 Å². The number of alkyl halides is 2. The molecule has 1 aromatic carbocycles. The molecule has 1 fully saturated rings. The second-order valence-corrected chi connectivity index (χ2v) is 7.19. The highest BCUT2D eigenvalue weighted by atomic mass is 35.5. The van der Waals surface area contributed by atoms with Gasteiger partial charge in [-0.05, 0) is 25.2 Å². The van der Waals surface area contributed by atoms with Gasteiger partial charge >= 0.3 is 0 Å². The zero-order chi connectivity index (χ0) is 19.9. The van der Waals surface area contributed by atoms with Crippen LogP contribution in [0.4, 0.5) is 8.78 Å². The Morgan fingerprint density at radius 1 is 1.43 bits per heavy atom. The third kappa shape index (κ3) is 3.18. The summed E-state index contributed by atoms with van der Waals surface area (Å²) in [5.41, 5.74) is 8.42. The Labute approximate surface area is 163 Å². The number of benzene rings is 1. The van der Waals surface area contributed by atoms with Crippen molar-refractivity contribution in [2.24, 2.45) is 10.3 Å². The fourth-order valence-electron chi connectivity index (χ4n) is 3.69. The molecule has 0 bridgehead atoms. The van der Waals surface area contributed by atoms with Crippen LogP contribution in [-0.2, 0) is 6.54 Å². The zero-order valence-corrected chi connectivity index (χ0v) is 15.7. The predicted octanol–water partition coefficient (Wildman–Crippen LogP) is 3.42. The average Bonchev–Trinajstić information content (AvgIpc) is 3.13. The summed E-state index contributed by atoms with van der Waals surface area (Å²) in [6.45, 7) is 0.00516. The highest BCUT2D eigenvalue weighted by Crippen LogP contribution is 2.40. The molecule has 1 aliphatic heterocycles. The second-order valence-electron chi connectivity index (χ2n) is 6.75. The maximum Gasteiger partial charge on any atom is 0.282 e. The first-order chi connectivity index (χ1) is 13.4. The molecule has 0 saturated carbocycles. The van der Waals surface area contributed by atoms with E-state index in [1.807, 2.05) is 0 Å². The van der Waals surface area contributed by atoms with Crippen molar-refractivity contribution in [2.45, 2.75) is 18.5 Å². The van der Waals surface area contributed by atoms with Crippen LogP contribution in [0.2, 0.25) is 5.02 Å². The summed E-state index contributed by atoms with van der Waals surface area (Å²) in [5.74, 6) is -2.50. The number of hydrogen-bond donors (Lipinski definition) is 2. The van der Waals surface area contributed by atoms with Gasteiger partial charge in [-0.25, -0.2) is 13.8 Å². The average molecular weight is 407 g/mol. The minimum absolute atomic E-state index is 0.145. The lowest BCUT2D eigenvalue weighted by Crippen LogP contribution is -2.31. The van der Waals surface area contributed by atoms with Gasteiger partial charge in [0.15, 0.2) is 0 Å². The van der Waals surface area contributed by atoms with Crippen LogP contribution in [0.5, 0.6) is 0 Å². The first kappa shape index (κ1) is 18.6. The third-order valence-electron chi connectivity index (χ3n) is 4.78. The lowest BCUT2D eigenvalue weighted by Gasteiger charge is -2.22. The van der Waals surface area contributed by atoms with E-state index in [9.17, 15) is 8.78 Å². The molecule has 2 N–H and O–H groups in total. The fraction of sp³-hybridized carbons (Fsp3) is 0.353. The number of rotatable bonds is 5. The Morgan fingerprint density at radius 3 is 2.96 bits per heavy atom. The van der Waals surface area contributed by atoms with E-state index in [2.05, 4.69) is 25.6 Å². The van der Waals surface area contributed by atoms with Gasteiger partial charge in [-0.15, -0.1) is 5.10 Å². The maximum absolute atomic E-state index is 14.8. The molecule has 1 unspecified atom stereocenters. The number of aromatic nitrogens is 3. The highest BCUT2D eigenvalue weighted by Gasteiger charge is 2.49. The van der Waals surface area contributed by atoms with Gasteiger partial charge in [-0.1, -0.05) is 16.8 Å². The largest absolute Gasteiger partial charge is 0.367 e. The van der Waals surface area contributed by atoms with Crippen LogP contribution in [-0.4, -0.2) is 51.8 Å². The molecule has 0 aliphatic carbocycles. The predicted molar refractivity (Wildman–Crippen MR) is 102 cm³/mol. The van der Waals surface area contributed by atoms with Crippen LogP contribution < -0.4 is 5.32 Å². The summed E-state index contributed by atoms with van der Waals surface area (Å²) < 4.78 is 31.2. The molecule has 1 atom stereocenters. The molecule has 3 aromatic rings. The van der Waals surface area contributed by atoms with Gasteiger partial charge in [0, 0.05) is 17.0 Å². The van der Waals surface area contributed by atoms with E-state index in [-0.39, 0.29) is 19.6 Å². The topological polar surface area (TPSA) is 94.6 Å². The van der Waals surface area contributed by atoms with Crippen LogP contribution in [0.3, 0.4) is 0 Å². The summed E-state index contributed by atoms with van der Waals surface area (Å²) in [4.78, 5) is 10.5. The van der Waals surface area contributed by atoms with E-state index in [0.29, 0.717) is 32.8 Å². The summed E-state index contributed by atoms with van der Waals surface area (Å²) in [6, 6.07) is 4.11. The van der Waals surface area contributed by atoms with Crippen molar-refractivity contribution in [3.8, 4) is 0 Å². The number of nitrogens with zero attached hydrogens (tertiary/aromatic N) is 6. The quantitative estimate of drug-likeness (QED) is 0.294. The van der Waals surface area contributed by atoms with Gasteiger partial charge in [0.1, 0.15) is 23.7 Å². The van der Waals surface area contributed by atoms with Crippen molar-refractivity contribution in [1.29, 1.82) is 5.53 Å². The number of likely N-dealkylation sites (N-methyl/N-ethyl adjacent to an activating group) is 1. The molecular weight excluding hydrogens is 390 g/mol. The molecule has 28 heavy (non-hydrogen) atoms. The van der Waals surface area contributed by atoms with Crippen molar-refractivity contribution in [3.63, 3.8) is 0 Å². The van der Waals surface area contributed by atoms with E-state index < -0.39 is 12.0 Å². The molecule has 2 aromatic heterocycles. The summed E-state index contributed by atoms with van der Waals surface area (Å²) in [6.07, 6.45) is 2.80. The number of pyridine rings is 1. The molecule has 146 valence electrons. The Hall–Kier alpha value is -2.72. The summed E-state index contributed by atoms with van der Waals surface area (Å²) in [7, 11) is 1.67. The minimum atomic E-state index is -2.92. The Kier molecular flexibility index (Phi) is 4.68. The van der Waals surface area contributed by atoms with Crippen molar-refractivity contribution in [2.75, 3.05) is 20.1 Å². The number of imidazole rings is 1. The number of nitrogens with one attached hydrogen (secondary N) is 2. The Morgan fingerprint density at radius 2 is 2.25 bits per heavy atom. The van der Waals surface area contributed by atoms with Gasteiger partial charge in [0.25, 0.3) is 5.92 Å². The summed E-state index contributed by atoms with van der Waals surface area (Å²) >= 11 is 6.16. The molecule has 3 heterocycles. The van der Waals surface area contributed by atoms with Crippen molar-refractivity contribution >= 4 is 39.9 Å². The molecular formula is C17H17ClF2N8. The monoisotopic (exact) mass is 406 g/mol. The van der Waals surface area contributed by atoms with E-state index in [1.165, 1.54) is 6.34 Å². The van der Waals surface area contributed by atoms with Crippen LogP contribution in [0.25, 0.3) is 21.9 Å². The Bertz CT molecular complexity index is 1080. The van der Waals surface area contributed by atoms with Crippen LogP contribution in [0.15, 0.2) is 34.7 Å². The lowest BCUT2D eigenvalue weighted by atomic mass is 10.1. The van der Waals surface area contributed by atoms with E-state index in [4.69, 9.17) is 17.1 Å². The standard InChI is InChI=1S/C17H17ClF2N8/c1-27-7-14(17(19,20)8-27)28-15(6-22-9-24-26-21)25-13-5-23-12-3-2-10(18)4-11(12)16(13)28/h2-5,9,14H,6-8H2,1H3,(H2,21,22,24). The third-order valence-corrected chi connectivity index (χ3v) is 5.02. The summed E-state index contributed by atoms with van der Waals surface area (Å²) in [5, 5.41) is 10.3. The zero-order valence-electron chi connectivity index (χ0n) is 14.9. The highest BCUT2D eigenvalue weighted by molar-refractivity contribution is 6.31. The van der Waals surface area contributed by atoms with Gasteiger partial charge in [0.05, 0.1) is 30.3 Å². The number of hydrogen-bond acceptors (Lipinski definition) is 5. The SMILES string of the molecule is CN1CC(n2c(CN/C=N\N=N)nc3cnc4ccc(Cl)cc4c32)C(F)(F)C1. The van der Waals surface area contributed by atoms with Gasteiger partial charge in [-0.2, -0.15) is 5.53 Å². The molecule has 1 aliphatic rings. The van der Waals surface area contributed by atoms with Crippen LogP contribution in [0.1, 0.15) is 11.9 Å². The molecule has 4 rings (SSSR count). The van der Waals surface area contributed by atoms with Crippen molar-refractivity contribution in [3.05, 3.63) is 35.2 Å². The van der Waals surface area contributed by atoms with Gasteiger partial charge in [-0.3, -0.25) is 9.88 Å². The number of likely N-dealkylation sites (tertiary alicyclic amines) is 1. The fourth-order valence-corrected chi connectivity index (χ4v) is 3.87. The molecule has 8 nitrogen and oxygen atoms in total. The molecule has 0 amide bonds. The Balaban J connectivity index is 1.95. The first-order valence-electron chi connectivity index (χ1n) is 8.54. The molecule has 0 spiro atoms. The van der Waals surface area contributed by atoms with E-state index >= 15 is 0 Å². The van der Waals surface area contributed by atoms with Crippen molar-refractivity contribution < 1.29 is 8.78 Å². The molecule has 11 heteroatoms. The minimum Gasteiger partial charge on any atom is -0.367 e. The number of halogens is 3. The first-order valence-corrected chi connectivity index (χ1v) is 8.91. The molecule has 1 saturated heterocycles. The maximum atomic E-state index is 14.8. The van der Waals surface area contributed by atoms with E-state index in [0.717, 1.165) is 0 Å². The van der Waals surface area contributed by atoms with Gasteiger partial charge in [0.2, 0.25) is 0 Å². The van der Waals surface area contributed by atoms with Crippen LogP contribution >= 0.6 is 11.6 Å². The second kappa shape index (κ2) is 7.02. The normalized spacial score (nSPS) is 19.8. The number of fused-ring (bicyclic) bond motifs is 3.